The van der Waals surface area contributed by atoms with E-state index in [2.05, 4.69) is 9.98 Å². The molecule has 0 saturated carbocycles. The predicted octanol–water partition coefficient (Wildman–Crippen LogP) is 6.42. The largest absolute Gasteiger partial charge is 0.436 e. The van der Waals surface area contributed by atoms with Gasteiger partial charge in [0.2, 0.25) is 5.89 Å². The summed E-state index contributed by atoms with van der Waals surface area (Å²) < 4.78 is 5.88. The SMILES string of the molecule is Cc1cc2nc(-c3ccc(N=Cc4ccc(Cl)c([N+](=O)[O-])c4)cc3)oc2cc1C. The second-order valence-corrected chi connectivity index (χ2v) is 7.10. The van der Waals surface area contributed by atoms with E-state index in [1.165, 1.54) is 17.7 Å². The highest BCUT2D eigenvalue weighted by atomic mass is 35.5. The minimum Gasteiger partial charge on any atom is -0.436 e. The maximum Gasteiger partial charge on any atom is 0.288 e. The van der Waals surface area contributed by atoms with Gasteiger partial charge in [-0.15, -0.1) is 0 Å². The van der Waals surface area contributed by atoms with Crippen molar-refractivity contribution in [3.63, 3.8) is 0 Å². The Hall–Kier alpha value is -3.51. The summed E-state index contributed by atoms with van der Waals surface area (Å²) in [4.78, 5) is 19.4. The maximum absolute atomic E-state index is 11.0. The average Bonchev–Trinajstić information content (AvgIpc) is 3.10. The number of nitro groups is 1. The lowest BCUT2D eigenvalue weighted by Gasteiger charge is -1.99. The van der Waals surface area contributed by atoms with E-state index < -0.39 is 4.92 Å². The molecule has 0 fully saturated rings. The second-order valence-electron chi connectivity index (χ2n) is 6.70. The van der Waals surface area contributed by atoms with Gasteiger partial charge in [0.05, 0.1) is 10.6 Å². The fourth-order valence-corrected chi connectivity index (χ4v) is 3.08. The summed E-state index contributed by atoms with van der Waals surface area (Å²) >= 11 is 5.83. The Morgan fingerprint density at radius 3 is 2.52 bits per heavy atom. The molecule has 0 amide bonds. The zero-order valence-electron chi connectivity index (χ0n) is 15.7. The molecule has 0 N–H and O–H groups in total. The van der Waals surface area contributed by atoms with Crippen LogP contribution in [0.4, 0.5) is 11.4 Å². The van der Waals surface area contributed by atoms with Crippen molar-refractivity contribution in [2.75, 3.05) is 0 Å². The number of hydrogen-bond acceptors (Lipinski definition) is 5. The van der Waals surface area contributed by atoms with Crippen LogP contribution in [0.5, 0.6) is 0 Å². The van der Waals surface area contributed by atoms with E-state index in [1.54, 1.807) is 12.3 Å². The van der Waals surface area contributed by atoms with Gasteiger partial charge in [-0.1, -0.05) is 17.7 Å². The molecule has 0 aliphatic carbocycles. The van der Waals surface area contributed by atoms with E-state index in [1.807, 2.05) is 50.2 Å². The van der Waals surface area contributed by atoms with Crippen LogP contribution in [0.15, 0.2) is 64.0 Å². The molecule has 7 heteroatoms. The summed E-state index contributed by atoms with van der Waals surface area (Å²) in [5, 5.41) is 11.1. The molecule has 144 valence electrons. The normalized spacial score (nSPS) is 11.4. The van der Waals surface area contributed by atoms with Gasteiger partial charge in [-0.3, -0.25) is 15.1 Å². The summed E-state index contributed by atoms with van der Waals surface area (Å²) in [7, 11) is 0. The van der Waals surface area contributed by atoms with Crippen molar-refractivity contribution in [1.82, 2.24) is 4.98 Å². The van der Waals surface area contributed by atoms with Crippen LogP contribution in [0.1, 0.15) is 16.7 Å². The van der Waals surface area contributed by atoms with E-state index in [0.29, 0.717) is 17.1 Å². The third-order valence-electron chi connectivity index (χ3n) is 4.65. The number of fused-ring (bicyclic) bond motifs is 1. The lowest BCUT2D eigenvalue weighted by atomic mass is 10.1. The number of aliphatic imine (C=N–C) groups is 1. The van der Waals surface area contributed by atoms with E-state index in [4.69, 9.17) is 16.0 Å². The Bertz CT molecular complexity index is 1220. The molecule has 4 rings (SSSR count). The van der Waals surface area contributed by atoms with E-state index in [-0.39, 0.29) is 10.7 Å². The highest BCUT2D eigenvalue weighted by molar-refractivity contribution is 6.32. The van der Waals surface area contributed by atoms with Crippen molar-refractivity contribution in [3.05, 3.63) is 86.4 Å². The van der Waals surface area contributed by atoms with Gasteiger partial charge in [-0.05, 0) is 73.0 Å². The summed E-state index contributed by atoms with van der Waals surface area (Å²) in [5.74, 6) is 0.550. The van der Waals surface area contributed by atoms with Crippen LogP contribution in [-0.4, -0.2) is 16.1 Å². The topological polar surface area (TPSA) is 81.5 Å². The number of nitro benzene ring substituents is 1. The number of rotatable bonds is 4. The van der Waals surface area contributed by atoms with Gasteiger partial charge in [0, 0.05) is 17.8 Å². The van der Waals surface area contributed by atoms with Crippen molar-refractivity contribution < 1.29 is 9.34 Å². The van der Waals surface area contributed by atoms with E-state index in [9.17, 15) is 10.1 Å². The van der Waals surface area contributed by atoms with Gasteiger partial charge in [-0.25, -0.2) is 4.98 Å². The molecule has 0 bridgehead atoms. The quantitative estimate of drug-likeness (QED) is 0.223. The molecule has 0 aliphatic heterocycles. The molecule has 0 spiro atoms. The number of oxazole rings is 1. The van der Waals surface area contributed by atoms with Gasteiger partial charge in [0.15, 0.2) is 5.58 Å². The van der Waals surface area contributed by atoms with Crippen LogP contribution >= 0.6 is 11.6 Å². The van der Waals surface area contributed by atoms with Crippen molar-refractivity contribution in [2.45, 2.75) is 13.8 Å². The van der Waals surface area contributed by atoms with Crippen LogP contribution in [0.3, 0.4) is 0 Å². The fraction of sp³-hybridized carbons (Fsp3) is 0.0909. The zero-order valence-corrected chi connectivity index (χ0v) is 16.5. The molecule has 0 unspecified atom stereocenters. The molecular formula is C22H16ClN3O3. The minimum absolute atomic E-state index is 0.0974. The lowest BCUT2D eigenvalue weighted by molar-refractivity contribution is -0.384. The highest BCUT2D eigenvalue weighted by Gasteiger charge is 2.12. The molecule has 4 aromatic rings. The second kappa shape index (κ2) is 7.48. The number of hydrogen-bond donors (Lipinski definition) is 0. The summed E-state index contributed by atoms with van der Waals surface area (Å²) in [6.45, 7) is 4.09. The fourth-order valence-electron chi connectivity index (χ4n) is 2.89. The number of aromatic nitrogens is 1. The first-order valence-corrected chi connectivity index (χ1v) is 9.25. The summed E-state index contributed by atoms with van der Waals surface area (Å²) in [6.07, 6.45) is 1.56. The Morgan fingerprint density at radius 1 is 1.07 bits per heavy atom. The number of halogens is 1. The van der Waals surface area contributed by atoms with Crippen LogP contribution in [0.25, 0.3) is 22.6 Å². The molecule has 6 nitrogen and oxygen atoms in total. The first-order valence-electron chi connectivity index (χ1n) is 8.87. The van der Waals surface area contributed by atoms with Crippen molar-refractivity contribution in [2.24, 2.45) is 4.99 Å². The van der Waals surface area contributed by atoms with Crippen molar-refractivity contribution in [1.29, 1.82) is 0 Å². The van der Waals surface area contributed by atoms with Crippen LogP contribution in [0, 0.1) is 24.0 Å². The lowest BCUT2D eigenvalue weighted by Crippen LogP contribution is -1.91. The van der Waals surface area contributed by atoms with Crippen molar-refractivity contribution >= 4 is 40.3 Å². The van der Waals surface area contributed by atoms with E-state index >= 15 is 0 Å². The van der Waals surface area contributed by atoms with Gasteiger partial charge < -0.3 is 4.42 Å². The Kier molecular flexibility index (Phi) is 4.86. The van der Waals surface area contributed by atoms with Gasteiger partial charge in [-0.2, -0.15) is 0 Å². The molecule has 1 aromatic heterocycles. The summed E-state index contributed by atoms with van der Waals surface area (Å²) in [6, 6.07) is 16.0. The standard InChI is InChI=1S/C22H16ClN3O3/c1-13-9-19-21(10-14(13)2)29-22(25-19)16-4-6-17(7-5-16)24-12-15-3-8-18(23)20(11-15)26(27)28/h3-12H,1-2H3. The third kappa shape index (κ3) is 3.88. The molecule has 0 saturated heterocycles. The van der Waals surface area contributed by atoms with E-state index in [0.717, 1.165) is 22.2 Å². The molecule has 29 heavy (non-hydrogen) atoms. The third-order valence-corrected chi connectivity index (χ3v) is 4.97. The first-order chi connectivity index (χ1) is 13.9. The molecule has 0 aliphatic rings. The van der Waals surface area contributed by atoms with Crippen molar-refractivity contribution in [3.8, 4) is 11.5 Å². The first kappa shape index (κ1) is 18.8. The Labute approximate surface area is 171 Å². The zero-order chi connectivity index (χ0) is 20.5. The molecule has 3 aromatic carbocycles. The number of aryl methyl sites for hydroxylation is 2. The number of benzene rings is 3. The molecular weight excluding hydrogens is 390 g/mol. The Morgan fingerprint density at radius 2 is 1.79 bits per heavy atom. The Balaban J connectivity index is 1.57. The molecule has 0 radical (unpaired) electrons. The minimum atomic E-state index is -0.516. The molecule has 0 atom stereocenters. The van der Waals surface area contributed by atoms with Gasteiger partial charge in [0.1, 0.15) is 10.5 Å². The van der Waals surface area contributed by atoms with Crippen LogP contribution < -0.4 is 0 Å². The number of nitrogens with zero attached hydrogens (tertiary/aromatic N) is 3. The van der Waals surface area contributed by atoms with Gasteiger partial charge >= 0.3 is 0 Å². The highest BCUT2D eigenvalue weighted by Crippen LogP contribution is 2.28. The smallest absolute Gasteiger partial charge is 0.288 e. The van der Waals surface area contributed by atoms with Crippen LogP contribution in [0.2, 0.25) is 5.02 Å². The van der Waals surface area contributed by atoms with Gasteiger partial charge in [0.25, 0.3) is 5.69 Å². The average molecular weight is 406 g/mol. The predicted molar refractivity (Wildman–Crippen MR) is 114 cm³/mol. The summed E-state index contributed by atoms with van der Waals surface area (Å²) in [5.41, 5.74) is 5.91. The maximum atomic E-state index is 11.0. The van der Waals surface area contributed by atoms with Crippen LogP contribution in [-0.2, 0) is 0 Å². The monoisotopic (exact) mass is 405 g/mol. The molecule has 1 heterocycles.